The van der Waals surface area contributed by atoms with Crippen molar-refractivity contribution in [1.82, 2.24) is 0 Å². The number of carbonyl (C=O) groups is 1. The van der Waals surface area contributed by atoms with E-state index in [-0.39, 0.29) is 11.5 Å². The Morgan fingerprint density at radius 1 is 1.37 bits per heavy atom. The summed E-state index contributed by atoms with van der Waals surface area (Å²) in [5.41, 5.74) is 2.20. The first-order valence-corrected chi connectivity index (χ1v) is 10.5. The van der Waals surface area contributed by atoms with E-state index in [4.69, 9.17) is 5.11 Å². The molecule has 4 heteroatoms. The van der Waals surface area contributed by atoms with E-state index in [1.165, 1.54) is 6.04 Å². The Morgan fingerprint density at radius 3 is 2.63 bits per heavy atom. The van der Waals surface area contributed by atoms with Crippen LogP contribution in [0.2, 0.25) is 25.7 Å². The summed E-state index contributed by atoms with van der Waals surface area (Å²) in [5, 5.41) is 19.4. The molecule has 1 aromatic carbocycles. The SMILES string of the molecule is C[Si](C)(C)CCC1Cc2ccc(C(=O)O)cc2[C@H]1O. The summed E-state index contributed by atoms with van der Waals surface area (Å²) in [6, 6.07) is 6.33. The van der Waals surface area contributed by atoms with Gasteiger partial charge in [-0.15, -0.1) is 0 Å². The first-order valence-electron chi connectivity index (χ1n) is 6.82. The molecule has 0 amide bonds. The molecule has 0 fully saturated rings. The summed E-state index contributed by atoms with van der Waals surface area (Å²) in [6.45, 7) is 7.01. The van der Waals surface area contributed by atoms with Gasteiger partial charge in [-0.05, 0) is 42.0 Å². The third-order valence-electron chi connectivity index (χ3n) is 3.91. The molecule has 104 valence electrons. The Morgan fingerprint density at radius 2 is 2.05 bits per heavy atom. The first-order chi connectivity index (χ1) is 8.78. The van der Waals surface area contributed by atoms with Gasteiger partial charge in [-0.25, -0.2) is 4.79 Å². The normalized spacial score (nSPS) is 22.3. The summed E-state index contributed by atoms with van der Waals surface area (Å²) in [7, 11) is -1.09. The van der Waals surface area contributed by atoms with E-state index in [9.17, 15) is 9.90 Å². The van der Waals surface area contributed by atoms with Crippen molar-refractivity contribution >= 4 is 14.0 Å². The molecule has 1 unspecified atom stereocenters. The van der Waals surface area contributed by atoms with Crippen LogP contribution in [0.4, 0.5) is 0 Å². The number of hydrogen-bond acceptors (Lipinski definition) is 2. The molecule has 1 aromatic rings. The van der Waals surface area contributed by atoms with E-state index in [1.807, 2.05) is 6.07 Å². The van der Waals surface area contributed by atoms with Gasteiger partial charge in [0, 0.05) is 8.07 Å². The van der Waals surface area contributed by atoms with E-state index in [1.54, 1.807) is 12.1 Å². The van der Waals surface area contributed by atoms with Gasteiger partial charge in [-0.2, -0.15) is 0 Å². The summed E-state index contributed by atoms with van der Waals surface area (Å²) in [5.74, 6) is -0.675. The van der Waals surface area contributed by atoms with Crippen LogP contribution in [0, 0.1) is 5.92 Å². The number of carboxylic acids is 1. The molecule has 2 atom stereocenters. The highest BCUT2D eigenvalue weighted by molar-refractivity contribution is 6.76. The van der Waals surface area contributed by atoms with Crippen LogP contribution in [0.25, 0.3) is 0 Å². The summed E-state index contributed by atoms with van der Waals surface area (Å²) >= 11 is 0. The van der Waals surface area contributed by atoms with Gasteiger partial charge in [0.1, 0.15) is 0 Å². The lowest BCUT2D eigenvalue weighted by atomic mass is 10.0. The fraction of sp³-hybridized carbons (Fsp3) is 0.533. The number of hydrogen-bond donors (Lipinski definition) is 2. The largest absolute Gasteiger partial charge is 0.478 e. The summed E-state index contributed by atoms with van der Waals surface area (Å²) in [4.78, 5) is 11.0. The molecule has 0 bridgehead atoms. The fourth-order valence-corrected chi connectivity index (χ4v) is 3.95. The van der Waals surface area contributed by atoms with Gasteiger partial charge in [0.25, 0.3) is 0 Å². The van der Waals surface area contributed by atoms with Crippen molar-refractivity contribution in [2.45, 2.75) is 44.6 Å². The van der Waals surface area contributed by atoms with Crippen molar-refractivity contribution in [3.63, 3.8) is 0 Å². The minimum atomic E-state index is -1.09. The number of benzene rings is 1. The standard InChI is InChI=1S/C15H22O3Si/c1-19(2,3)7-6-11-8-10-4-5-12(15(17)18)9-13(10)14(11)16/h4-5,9,11,14,16H,6-8H2,1-3H3,(H,17,18)/t11?,14-/m0/s1. The first kappa shape index (κ1) is 14.3. The minimum Gasteiger partial charge on any atom is -0.478 e. The number of carboxylic acid groups (broad SMARTS) is 1. The van der Waals surface area contributed by atoms with Crippen LogP contribution in [0.15, 0.2) is 18.2 Å². The van der Waals surface area contributed by atoms with Gasteiger partial charge in [0.2, 0.25) is 0 Å². The van der Waals surface area contributed by atoms with Crippen molar-refractivity contribution in [3.05, 3.63) is 34.9 Å². The Balaban J connectivity index is 2.13. The zero-order chi connectivity index (χ0) is 14.2. The Hall–Kier alpha value is -1.13. The Labute approximate surface area is 115 Å². The quantitative estimate of drug-likeness (QED) is 0.831. The highest BCUT2D eigenvalue weighted by Crippen LogP contribution is 2.39. The number of aromatic carboxylic acids is 1. The second kappa shape index (κ2) is 5.10. The topological polar surface area (TPSA) is 57.5 Å². The van der Waals surface area contributed by atoms with E-state index in [0.717, 1.165) is 24.0 Å². The molecule has 1 aliphatic rings. The maximum Gasteiger partial charge on any atom is 0.335 e. The average molecular weight is 278 g/mol. The molecule has 1 aliphatic carbocycles. The predicted molar refractivity (Wildman–Crippen MR) is 78.3 cm³/mol. The second-order valence-electron chi connectivity index (χ2n) is 6.73. The monoisotopic (exact) mass is 278 g/mol. The van der Waals surface area contributed by atoms with Crippen molar-refractivity contribution in [1.29, 1.82) is 0 Å². The van der Waals surface area contributed by atoms with Crippen LogP contribution < -0.4 is 0 Å². The molecule has 0 spiro atoms. The van der Waals surface area contributed by atoms with Crippen LogP contribution in [-0.2, 0) is 6.42 Å². The Kier molecular flexibility index (Phi) is 3.83. The molecular weight excluding hydrogens is 256 g/mol. The third-order valence-corrected chi connectivity index (χ3v) is 5.69. The number of aliphatic hydroxyl groups is 1. The van der Waals surface area contributed by atoms with E-state index < -0.39 is 20.1 Å². The van der Waals surface area contributed by atoms with Gasteiger partial charge < -0.3 is 10.2 Å². The van der Waals surface area contributed by atoms with Crippen molar-refractivity contribution in [3.8, 4) is 0 Å². The van der Waals surface area contributed by atoms with Gasteiger partial charge >= 0.3 is 5.97 Å². The van der Waals surface area contributed by atoms with Crippen LogP contribution in [0.5, 0.6) is 0 Å². The lowest BCUT2D eigenvalue weighted by molar-refractivity contribution is 0.0696. The van der Waals surface area contributed by atoms with Crippen LogP contribution in [0.1, 0.15) is 34.0 Å². The summed E-state index contributed by atoms with van der Waals surface area (Å²) < 4.78 is 0. The van der Waals surface area contributed by atoms with Crippen molar-refractivity contribution in [2.24, 2.45) is 5.92 Å². The molecule has 2 rings (SSSR count). The lowest BCUT2D eigenvalue weighted by Crippen LogP contribution is -2.21. The van der Waals surface area contributed by atoms with Gasteiger partial charge in [0.15, 0.2) is 0 Å². The molecule has 0 saturated carbocycles. The van der Waals surface area contributed by atoms with E-state index >= 15 is 0 Å². The maximum absolute atomic E-state index is 11.0. The highest BCUT2D eigenvalue weighted by Gasteiger charge is 2.32. The highest BCUT2D eigenvalue weighted by atomic mass is 28.3. The number of rotatable bonds is 4. The van der Waals surface area contributed by atoms with Crippen LogP contribution >= 0.6 is 0 Å². The third kappa shape index (κ3) is 3.25. The molecule has 0 aliphatic heterocycles. The van der Waals surface area contributed by atoms with E-state index in [0.29, 0.717) is 0 Å². The molecule has 0 saturated heterocycles. The summed E-state index contributed by atoms with van der Waals surface area (Å²) in [6.07, 6.45) is 1.42. The predicted octanol–water partition coefficient (Wildman–Crippen LogP) is 3.32. The van der Waals surface area contributed by atoms with Crippen LogP contribution in [0.3, 0.4) is 0 Å². The van der Waals surface area contributed by atoms with Crippen molar-refractivity contribution in [2.75, 3.05) is 0 Å². The maximum atomic E-state index is 11.0. The Bertz CT molecular complexity index is 491. The molecule has 3 nitrogen and oxygen atoms in total. The molecular formula is C15H22O3Si. The molecule has 0 heterocycles. The average Bonchev–Trinajstić information content (AvgIpc) is 2.62. The number of aliphatic hydroxyl groups excluding tert-OH is 1. The lowest BCUT2D eigenvalue weighted by Gasteiger charge is -2.21. The smallest absolute Gasteiger partial charge is 0.335 e. The molecule has 0 aromatic heterocycles. The van der Waals surface area contributed by atoms with Gasteiger partial charge in [-0.1, -0.05) is 31.8 Å². The van der Waals surface area contributed by atoms with E-state index in [2.05, 4.69) is 19.6 Å². The van der Waals surface area contributed by atoms with Gasteiger partial charge in [0.05, 0.1) is 11.7 Å². The zero-order valence-electron chi connectivity index (χ0n) is 11.8. The second-order valence-corrected chi connectivity index (χ2v) is 12.3. The van der Waals surface area contributed by atoms with Crippen LogP contribution in [-0.4, -0.2) is 24.3 Å². The molecule has 2 N–H and O–H groups in total. The van der Waals surface area contributed by atoms with Crippen molar-refractivity contribution < 1.29 is 15.0 Å². The van der Waals surface area contributed by atoms with Gasteiger partial charge in [-0.3, -0.25) is 0 Å². The number of fused-ring (bicyclic) bond motifs is 1. The minimum absolute atomic E-state index is 0.255. The molecule has 19 heavy (non-hydrogen) atoms. The fourth-order valence-electron chi connectivity index (χ4n) is 2.72. The zero-order valence-corrected chi connectivity index (χ0v) is 12.8. The molecule has 0 radical (unpaired) electrons.